The number of rotatable bonds is 5. The lowest BCUT2D eigenvalue weighted by Gasteiger charge is -2.34. The van der Waals surface area contributed by atoms with Crippen LogP contribution in [0.5, 0.6) is 0 Å². The number of piperidine rings is 1. The van der Waals surface area contributed by atoms with Crippen LogP contribution in [0.4, 0.5) is 0 Å². The van der Waals surface area contributed by atoms with Crippen LogP contribution in [0.3, 0.4) is 0 Å². The number of nitrogens with one attached hydrogen (secondary N) is 1. The summed E-state index contributed by atoms with van der Waals surface area (Å²) in [5.41, 5.74) is -0.127. The Morgan fingerprint density at radius 2 is 1.78 bits per heavy atom. The summed E-state index contributed by atoms with van der Waals surface area (Å²) in [6.45, 7) is 7.36. The Labute approximate surface area is 116 Å². The van der Waals surface area contributed by atoms with Gasteiger partial charge in [-0.3, -0.25) is 0 Å². The average molecular weight is 297 g/mol. The molecule has 0 aromatic carbocycles. The maximum Gasteiger partial charge on any atom is 0.279 e. The van der Waals surface area contributed by atoms with Crippen LogP contribution in [0.2, 0.25) is 0 Å². The summed E-state index contributed by atoms with van der Waals surface area (Å²) in [5.74, 6) is 0.463. The molecule has 108 valence electrons. The van der Waals surface area contributed by atoms with E-state index in [2.05, 4.69) is 4.72 Å². The van der Waals surface area contributed by atoms with Crippen molar-refractivity contribution in [3.8, 4) is 0 Å². The van der Waals surface area contributed by atoms with E-state index >= 15 is 0 Å². The van der Waals surface area contributed by atoms with E-state index in [1.165, 1.54) is 0 Å². The number of nitrogens with zero attached hydrogens (tertiary/aromatic N) is 1. The number of hydrogen-bond donors (Lipinski definition) is 1. The van der Waals surface area contributed by atoms with E-state index in [0.717, 1.165) is 19.3 Å². The summed E-state index contributed by atoms with van der Waals surface area (Å²) < 4.78 is 29.0. The Hall–Kier alpha value is 0.160. The fourth-order valence-electron chi connectivity index (χ4n) is 2.14. The van der Waals surface area contributed by atoms with Gasteiger partial charge in [0.1, 0.15) is 0 Å². The van der Waals surface area contributed by atoms with Crippen molar-refractivity contribution in [3.63, 3.8) is 0 Å². The molecule has 1 heterocycles. The lowest BCUT2D eigenvalue weighted by atomic mass is 9.86. The molecule has 6 heteroatoms. The Kier molecular flexibility index (Phi) is 5.90. The van der Waals surface area contributed by atoms with Gasteiger partial charge in [0.15, 0.2) is 0 Å². The molecule has 0 aromatic heterocycles. The van der Waals surface area contributed by atoms with Crippen LogP contribution in [-0.4, -0.2) is 37.7 Å². The average Bonchev–Trinajstić information content (AvgIpc) is 2.28. The van der Waals surface area contributed by atoms with Crippen molar-refractivity contribution in [2.24, 2.45) is 5.41 Å². The van der Waals surface area contributed by atoms with Gasteiger partial charge in [0.05, 0.1) is 0 Å². The maximum atomic E-state index is 12.3. The highest BCUT2D eigenvalue weighted by atomic mass is 35.5. The second-order valence-electron chi connectivity index (χ2n) is 5.98. The first kappa shape index (κ1) is 16.2. The first-order chi connectivity index (χ1) is 8.27. The van der Waals surface area contributed by atoms with Gasteiger partial charge in [-0.05, 0) is 24.7 Å². The van der Waals surface area contributed by atoms with Crippen molar-refractivity contribution >= 4 is 21.8 Å². The van der Waals surface area contributed by atoms with Crippen molar-refractivity contribution < 1.29 is 8.42 Å². The normalized spacial score (nSPS) is 20.9. The highest BCUT2D eigenvalue weighted by molar-refractivity contribution is 7.87. The molecule has 1 N–H and O–H groups in total. The van der Waals surface area contributed by atoms with E-state index in [1.807, 2.05) is 20.8 Å². The lowest BCUT2D eigenvalue weighted by Crippen LogP contribution is -2.51. The van der Waals surface area contributed by atoms with Crippen LogP contribution in [0.1, 0.15) is 46.5 Å². The summed E-state index contributed by atoms with van der Waals surface area (Å²) in [6.07, 6.45) is 3.68. The molecule has 0 aliphatic carbocycles. The van der Waals surface area contributed by atoms with Gasteiger partial charge in [-0.2, -0.15) is 17.4 Å². The minimum Gasteiger partial charge on any atom is -0.198 e. The second-order valence-corrected chi connectivity index (χ2v) is 8.06. The van der Waals surface area contributed by atoms with Crippen LogP contribution in [0, 0.1) is 5.41 Å². The Bertz CT molecular complexity index is 346. The maximum absolute atomic E-state index is 12.3. The predicted octanol–water partition coefficient (Wildman–Crippen LogP) is 2.35. The molecule has 1 unspecified atom stereocenters. The molecule has 1 aliphatic rings. The third kappa shape index (κ3) is 4.68. The molecule has 0 spiro atoms. The van der Waals surface area contributed by atoms with E-state index in [-0.39, 0.29) is 11.5 Å². The molecule has 1 fully saturated rings. The second kappa shape index (κ2) is 6.55. The highest BCUT2D eigenvalue weighted by Gasteiger charge is 2.31. The molecule has 18 heavy (non-hydrogen) atoms. The third-order valence-corrected chi connectivity index (χ3v) is 5.23. The molecule has 0 saturated carbocycles. The number of alkyl halides is 1. The van der Waals surface area contributed by atoms with Crippen LogP contribution < -0.4 is 4.72 Å². The van der Waals surface area contributed by atoms with Crippen molar-refractivity contribution in [1.29, 1.82) is 0 Å². The summed E-state index contributed by atoms with van der Waals surface area (Å²) in [6, 6.07) is -0.123. The molecular weight excluding hydrogens is 272 g/mol. The van der Waals surface area contributed by atoms with E-state index in [4.69, 9.17) is 11.6 Å². The molecule has 0 bridgehead atoms. The van der Waals surface area contributed by atoms with Crippen molar-refractivity contribution in [3.05, 3.63) is 0 Å². The zero-order chi connectivity index (χ0) is 13.8. The van der Waals surface area contributed by atoms with E-state index in [9.17, 15) is 8.42 Å². The molecule has 1 rings (SSSR count). The molecular formula is C12H25ClN2O2S. The van der Waals surface area contributed by atoms with Crippen LogP contribution in [0.15, 0.2) is 0 Å². The zero-order valence-corrected chi connectivity index (χ0v) is 13.1. The standard InChI is InChI=1S/C12H25ClN2O2S/c1-12(2,3)11(7-8-13)14-18(16,17)15-9-5-4-6-10-15/h11,14H,4-10H2,1-3H3. The van der Waals surface area contributed by atoms with Crippen molar-refractivity contribution in [2.75, 3.05) is 19.0 Å². The molecule has 1 aliphatic heterocycles. The van der Waals surface area contributed by atoms with E-state index < -0.39 is 10.2 Å². The molecule has 1 saturated heterocycles. The minimum absolute atomic E-state index is 0.123. The van der Waals surface area contributed by atoms with Gasteiger partial charge in [0, 0.05) is 25.0 Å². The van der Waals surface area contributed by atoms with Gasteiger partial charge in [-0.15, -0.1) is 11.6 Å². The summed E-state index contributed by atoms with van der Waals surface area (Å²) in [4.78, 5) is 0. The summed E-state index contributed by atoms with van der Waals surface area (Å²) >= 11 is 5.77. The molecule has 4 nitrogen and oxygen atoms in total. The van der Waals surface area contributed by atoms with Crippen molar-refractivity contribution in [2.45, 2.75) is 52.5 Å². The van der Waals surface area contributed by atoms with E-state index in [1.54, 1.807) is 4.31 Å². The van der Waals surface area contributed by atoms with Gasteiger partial charge in [0.25, 0.3) is 10.2 Å². The molecule has 0 amide bonds. The van der Waals surface area contributed by atoms with Crippen LogP contribution in [0.25, 0.3) is 0 Å². The lowest BCUT2D eigenvalue weighted by molar-refractivity contribution is 0.278. The first-order valence-corrected chi connectivity index (χ1v) is 8.58. The SMILES string of the molecule is CC(C)(C)C(CCCl)NS(=O)(=O)N1CCCCC1. The number of halogens is 1. The molecule has 0 radical (unpaired) electrons. The first-order valence-electron chi connectivity index (χ1n) is 6.61. The Morgan fingerprint density at radius 1 is 1.22 bits per heavy atom. The Balaban J connectivity index is 2.72. The largest absolute Gasteiger partial charge is 0.279 e. The van der Waals surface area contributed by atoms with Gasteiger partial charge < -0.3 is 0 Å². The predicted molar refractivity (Wildman–Crippen MR) is 76.1 cm³/mol. The fourth-order valence-corrected chi connectivity index (χ4v) is 4.07. The third-order valence-electron chi connectivity index (χ3n) is 3.39. The monoisotopic (exact) mass is 296 g/mol. The topological polar surface area (TPSA) is 49.4 Å². The summed E-state index contributed by atoms with van der Waals surface area (Å²) in [7, 11) is -3.36. The minimum atomic E-state index is -3.36. The van der Waals surface area contributed by atoms with E-state index in [0.29, 0.717) is 25.4 Å². The smallest absolute Gasteiger partial charge is 0.198 e. The van der Waals surface area contributed by atoms with Crippen molar-refractivity contribution in [1.82, 2.24) is 9.03 Å². The highest BCUT2D eigenvalue weighted by Crippen LogP contribution is 2.24. The van der Waals surface area contributed by atoms with Gasteiger partial charge in [-0.1, -0.05) is 27.2 Å². The quantitative estimate of drug-likeness (QED) is 0.792. The van der Waals surface area contributed by atoms with Gasteiger partial charge >= 0.3 is 0 Å². The molecule has 1 atom stereocenters. The van der Waals surface area contributed by atoms with Crippen LogP contribution in [-0.2, 0) is 10.2 Å². The van der Waals surface area contributed by atoms with Gasteiger partial charge in [-0.25, -0.2) is 0 Å². The number of hydrogen-bond acceptors (Lipinski definition) is 2. The zero-order valence-electron chi connectivity index (χ0n) is 11.6. The molecule has 0 aromatic rings. The van der Waals surface area contributed by atoms with Crippen LogP contribution >= 0.6 is 11.6 Å². The fraction of sp³-hybridized carbons (Fsp3) is 1.00. The van der Waals surface area contributed by atoms with Gasteiger partial charge in [0.2, 0.25) is 0 Å². The summed E-state index contributed by atoms with van der Waals surface area (Å²) in [5, 5.41) is 0. The Morgan fingerprint density at radius 3 is 2.22 bits per heavy atom.